The molecule has 3 aromatic carbocycles. The molecule has 1 N–H and O–H groups in total. The van der Waals surface area contributed by atoms with Crippen LogP contribution in [0.2, 0.25) is 0 Å². The van der Waals surface area contributed by atoms with Crippen molar-refractivity contribution >= 4 is 11.8 Å². The van der Waals surface area contributed by atoms with Crippen molar-refractivity contribution in [1.82, 2.24) is 10.2 Å². The number of carbonyl (C=O) groups is 2. The lowest BCUT2D eigenvalue weighted by molar-refractivity contribution is -0.143. The number of nitrogens with zero attached hydrogens (tertiary/aromatic N) is 1. The highest BCUT2D eigenvalue weighted by Gasteiger charge is 2.32. The van der Waals surface area contributed by atoms with Crippen LogP contribution in [0.15, 0.2) is 78.9 Å². The highest BCUT2D eigenvalue weighted by atomic mass is 19.1. The lowest BCUT2D eigenvalue weighted by atomic mass is 9.94. The number of halogens is 1. The molecule has 0 radical (unpaired) electrons. The minimum absolute atomic E-state index is 0.114. The minimum atomic E-state index is -0.737. The summed E-state index contributed by atoms with van der Waals surface area (Å²) in [4.78, 5) is 29.1. The molecule has 206 valence electrons. The third-order valence-corrected chi connectivity index (χ3v) is 7.40. The number of nitrogens with one attached hydrogen (secondary N) is 1. The van der Waals surface area contributed by atoms with Gasteiger partial charge in [0.25, 0.3) is 5.91 Å². The van der Waals surface area contributed by atoms with Gasteiger partial charge in [0.1, 0.15) is 17.6 Å². The largest absolute Gasteiger partial charge is 0.484 e. The molecule has 1 aliphatic carbocycles. The van der Waals surface area contributed by atoms with Crippen LogP contribution in [0.5, 0.6) is 5.75 Å². The molecule has 3 aromatic rings. The van der Waals surface area contributed by atoms with Gasteiger partial charge < -0.3 is 15.0 Å². The molecule has 1 atom stereocenters. The molecule has 5 nitrogen and oxygen atoms in total. The highest BCUT2D eigenvalue weighted by Crippen LogP contribution is 2.21. The lowest BCUT2D eigenvalue weighted by Crippen LogP contribution is -2.53. The zero-order valence-corrected chi connectivity index (χ0v) is 22.9. The van der Waals surface area contributed by atoms with Crippen molar-refractivity contribution in [3.8, 4) is 5.75 Å². The fraction of sp³-hybridized carbons (Fsp3) is 0.394. The zero-order valence-electron chi connectivity index (χ0n) is 22.9. The summed E-state index contributed by atoms with van der Waals surface area (Å²) in [7, 11) is 0. The van der Waals surface area contributed by atoms with E-state index in [0.29, 0.717) is 18.1 Å². The fourth-order valence-electron chi connectivity index (χ4n) is 5.06. The molecule has 0 spiro atoms. The molecule has 1 unspecified atom stereocenters. The SMILES string of the molecule is CC(C)c1ccc(OCC(=O)N(Cc2ccc(F)cc2)C(Cc2ccccc2)C(=O)NC2CCCCC2)cc1. The Bertz CT molecular complexity index is 1190. The Morgan fingerprint density at radius 2 is 1.56 bits per heavy atom. The van der Waals surface area contributed by atoms with Gasteiger partial charge in [0.05, 0.1) is 0 Å². The van der Waals surface area contributed by atoms with E-state index in [4.69, 9.17) is 4.74 Å². The third kappa shape index (κ3) is 8.41. The highest BCUT2D eigenvalue weighted by molar-refractivity contribution is 5.88. The maximum absolute atomic E-state index is 13.8. The average molecular weight is 531 g/mol. The van der Waals surface area contributed by atoms with Gasteiger partial charge in [0.15, 0.2) is 6.61 Å². The van der Waals surface area contributed by atoms with Gasteiger partial charge in [-0.25, -0.2) is 4.39 Å². The molecule has 4 rings (SSSR count). The summed E-state index contributed by atoms with van der Waals surface area (Å²) in [5, 5.41) is 3.23. The molecule has 0 saturated heterocycles. The molecule has 0 heterocycles. The minimum Gasteiger partial charge on any atom is -0.484 e. The molecule has 1 saturated carbocycles. The van der Waals surface area contributed by atoms with E-state index in [9.17, 15) is 14.0 Å². The Morgan fingerprint density at radius 1 is 0.897 bits per heavy atom. The van der Waals surface area contributed by atoms with Crippen LogP contribution in [-0.2, 0) is 22.6 Å². The van der Waals surface area contributed by atoms with E-state index in [0.717, 1.165) is 36.8 Å². The van der Waals surface area contributed by atoms with Gasteiger partial charge in [-0.2, -0.15) is 0 Å². The van der Waals surface area contributed by atoms with Crippen molar-refractivity contribution in [2.75, 3.05) is 6.61 Å². The van der Waals surface area contributed by atoms with Gasteiger partial charge in [-0.1, -0.05) is 87.7 Å². The Labute approximate surface area is 231 Å². The van der Waals surface area contributed by atoms with Gasteiger partial charge in [-0.05, 0) is 59.7 Å². The molecule has 1 aliphatic rings. The van der Waals surface area contributed by atoms with E-state index >= 15 is 0 Å². The van der Waals surface area contributed by atoms with Gasteiger partial charge >= 0.3 is 0 Å². The predicted molar refractivity (Wildman–Crippen MR) is 152 cm³/mol. The maximum atomic E-state index is 13.8. The predicted octanol–water partition coefficient (Wildman–Crippen LogP) is 6.42. The van der Waals surface area contributed by atoms with Gasteiger partial charge in [0, 0.05) is 19.0 Å². The molecule has 39 heavy (non-hydrogen) atoms. The first-order chi connectivity index (χ1) is 18.9. The van der Waals surface area contributed by atoms with E-state index in [2.05, 4.69) is 19.2 Å². The van der Waals surface area contributed by atoms with Gasteiger partial charge in [-0.15, -0.1) is 0 Å². The Hall–Kier alpha value is -3.67. The van der Waals surface area contributed by atoms with Crippen LogP contribution in [0.3, 0.4) is 0 Å². The van der Waals surface area contributed by atoms with E-state index in [1.807, 2.05) is 54.6 Å². The molecule has 1 fully saturated rings. The number of hydrogen-bond donors (Lipinski definition) is 1. The van der Waals surface area contributed by atoms with Crippen LogP contribution in [0.25, 0.3) is 0 Å². The summed E-state index contributed by atoms with van der Waals surface area (Å²) in [6.07, 6.45) is 5.64. The second kappa shape index (κ2) is 13.9. The summed E-state index contributed by atoms with van der Waals surface area (Å²) < 4.78 is 19.5. The number of ether oxygens (including phenoxy) is 1. The van der Waals surface area contributed by atoms with Crippen molar-refractivity contribution < 1.29 is 18.7 Å². The first kappa shape index (κ1) is 28.3. The summed E-state index contributed by atoms with van der Waals surface area (Å²) in [6, 6.07) is 22.9. The normalized spacial score (nSPS) is 14.6. The molecule has 0 aromatic heterocycles. The lowest BCUT2D eigenvalue weighted by Gasteiger charge is -2.33. The molecule has 0 bridgehead atoms. The molecule has 2 amide bonds. The first-order valence-electron chi connectivity index (χ1n) is 14.0. The van der Waals surface area contributed by atoms with Crippen LogP contribution < -0.4 is 10.1 Å². The quantitative estimate of drug-likeness (QED) is 0.311. The second-order valence-corrected chi connectivity index (χ2v) is 10.7. The van der Waals surface area contributed by atoms with E-state index in [-0.39, 0.29) is 36.8 Å². The standard InChI is InChI=1S/C33H39FN2O3/c1-24(2)27-15-19-30(20-16-27)39-23-32(37)36(22-26-13-17-28(34)18-14-26)31(21-25-9-5-3-6-10-25)33(38)35-29-11-7-4-8-12-29/h3,5-6,9-10,13-20,24,29,31H,4,7-8,11-12,21-23H2,1-2H3,(H,35,38). The number of rotatable bonds is 11. The van der Waals surface area contributed by atoms with Crippen LogP contribution in [0, 0.1) is 5.82 Å². The van der Waals surface area contributed by atoms with Crippen molar-refractivity contribution in [3.63, 3.8) is 0 Å². The van der Waals surface area contributed by atoms with Crippen molar-refractivity contribution in [2.45, 2.75) is 76.9 Å². The molecular weight excluding hydrogens is 491 g/mol. The fourth-order valence-corrected chi connectivity index (χ4v) is 5.06. The van der Waals surface area contributed by atoms with Crippen molar-refractivity contribution in [3.05, 3.63) is 101 Å². The number of benzene rings is 3. The molecule has 6 heteroatoms. The summed E-state index contributed by atoms with van der Waals surface area (Å²) >= 11 is 0. The smallest absolute Gasteiger partial charge is 0.261 e. The number of amides is 2. The average Bonchev–Trinajstić information content (AvgIpc) is 2.96. The Morgan fingerprint density at radius 3 is 2.21 bits per heavy atom. The number of carbonyl (C=O) groups excluding carboxylic acids is 2. The topological polar surface area (TPSA) is 58.6 Å². The van der Waals surface area contributed by atoms with Gasteiger partial charge in [0.2, 0.25) is 5.91 Å². The van der Waals surface area contributed by atoms with Crippen molar-refractivity contribution in [2.24, 2.45) is 0 Å². The van der Waals surface area contributed by atoms with Crippen molar-refractivity contribution in [1.29, 1.82) is 0 Å². The first-order valence-corrected chi connectivity index (χ1v) is 14.0. The summed E-state index contributed by atoms with van der Waals surface area (Å²) in [5.74, 6) is 0.184. The third-order valence-electron chi connectivity index (χ3n) is 7.40. The van der Waals surface area contributed by atoms with Gasteiger partial charge in [-0.3, -0.25) is 9.59 Å². The monoisotopic (exact) mass is 530 g/mol. The van der Waals surface area contributed by atoms with E-state index < -0.39 is 6.04 Å². The second-order valence-electron chi connectivity index (χ2n) is 10.7. The molecular formula is C33H39FN2O3. The maximum Gasteiger partial charge on any atom is 0.261 e. The Balaban J connectivity index is 1.58. The summed E-state index contributed by atoms with van der Waals surface area (Å²) in [6.45, 7) is 4.21. The van der Waals surface area contributed by atoms with Crippen LogP contribution >= 0.6 is 0 Å². The number of hydrogen-bond acceptors (Lipinski definition) is 3. The van der Waals surface area contributed by atoms with E-state index in [1.165, 1.54) is 24.1 Å². The summed E-state index contributed by atoms with van der Waals surface area (Å²) in [5.41, 5.74) is 2.90. The van der Waals surface area contributed by atoms with Crippen LogP contribution in [0.1, 0.15) is 68.6 Å². The zero-order chi connectivity index (χ0) is 27.6. The van der Waals surface area contributed by atoms with Crippen LogP contribution in [0.4, 0.5) is 4.39 Å². The van der Waals surface area contributed by atoms with Crippen LogP contribution in [-0.4, -0.2) is 35.4 Å². The van der Waals surface area contributed by atoms with E-state index in [1.54, 1.807) is 17.0 Å². The molecule has 0 aliphatic heterocycles. The Kier molecular flexibility index (Phi) is 10.1.